The van der Waals surface area contributed by atoms with Crippen LogP contribution in [0.2, 0.25) is 5.02 Å². The van der Waals surface area contributed by atoms with Gasteiger partial charge in [-0.25, -0.2) is 0 Å². The molecule has 0 spiro atoms. The number of halogens is 1. The average Bonchev–Trinajstić information content (AvgIpc) is 2.95. The zero-order chi connectivity index (χ0) is 14.7. The van der Waals surface area contributed by atoms with Gasteiger partial charge in [0.15, 0.2) is 0 Å². The summed E-state index contributed by atoms with van der Waals surface area (Å²) in [6, 6.07) is 4.84. The van der Waals surface area contributed by atoms with Crippen LogP contribution in [-0.2, 0) is 4.79 Å². The van der Waals surface area contributed by atoms with Crippen molar-refractivity contribution < 1.29 is 9.53 Å². The Bertz CT molecular complexity index is 611. The number of carbonyl (C=O) groups is 1. The van der Waals surface area contributed by atoms with E-state index in [9.17, 15) is 4.79 Å². The molecule has 5 nitrogen and oxygen atoms in total. The predicted molar refractivity (Wildman–Crippen MR) is 78.3 cm³/mol. The van der Waals surface area contributed by atoms with Gasteiger partial charge in [0.05, 0.1) is 12.8 Å². The fourth-order valence-corrected chi connectivity index (χ4v) is 1.95. The van der Waals surface area contributed by atoms with Crippen molar-refractivity contribution in [3.8, 4) is 5.75 Å². The Hall–Kier alpha value is -2.01. The SMILES string of the molecule is COc1cc(Cl)c(C)cc1NC(=O)[C@H](C)n1cccn1. The maximum Gasteiger partial charge on any atom is 0.249 e. The van der Waals surface area contributed by atoms with E-state index in [0.717, 1.165) is 5.56 Å². The molecule has 1 amide bonds. The van der Waals surface area contributed by atoms with Gasteiger partial charge in [-0.05, 0) is 31.5 Å². The molecule has 0 aliphatic carbocycles. The van der Waals surface area contributed by atoms with Crippen LogP contribution in [0.1, 0.15) is 18.5 Å². The second-order valence-corrected chi connectivity index (χ2v) is 4.86. The summed E-state index contributed by atoms with van der Waals surface area (Å²) in [5.74, 6) is 0.357. The highest BCUT2D eigenvalue weighted by atomic mass is 35.5. The topological polar surface area (TPSA) is 56.1 Å². The Labute approximate surface area is 122 Å². The second-order valence-electron chi connectivity index (χ2n) is 4.45. The summed E-state index contributed by atoms with van der Waals surface area (Å²) in [5.41, 5.74) is 1.47. The van der Waals surface area contributed by atoms with Crippen molar-refractivity contribution in [2.75, 3.05) is 12.4 Å². The van der Waals surface area contributed by atoms with Crippen molar-refractivity contribution in [1.82, 2.24) is 9.78 Å². The zero-order valence-electron chi connectivity index (χ0n) is 11.6. The molecule has 106 valence electrons. The quantitative estimate of drug-likeness (QED) is 0.942. The molecular formula is C14H16ClN3O2. The molecule has 20 heavy (non-hydrogen) atoms. The lowest BCUT2D eigenvalue weighted by atomic mass is 10.2. The van der Waals surface area contributed by atoms with E-state index < -0.39 is 6.04 Å². The molecule has 0 aliphatic rings. The molecule has 1 aromatic heterocycles. The van der Waals surface area contributed by atoms with Crippen LogP contribution in [0.4, 0.5) is 5.69 Å². The van der Waals surface area contributed by atoms with Crippen LogP contribution in [-0.4, -0.2) is 22.8 Å². The molecule has 0 bridgehead atoms. The van der Waals surface area contributed by atoms with Gasteiger partial charge in [0.2, 0.25) is 5.91 Å². The fourth-order valence-electron chi connectivity index (χ4n) is 1.80. The van der Waals surface area contributed by atoms with Crippen LogP contribution < -0.4 is 10.1 Å². The van der Waals surface area contributed by atoms with Gasteiger partial charge in [-0.2, -0.15) is 5.10 Å². The summed E-state index contributed by atoms with van der Waals surface area (Å²) < 4.78 is 6.82. The van der Waals surface area contributed by atoms with Crippen molar-refractivity contribution in [1.29, 1.82) is 0 Å². The van der Waals surface area contributed by atoms with Gasteiger partial charge >= 0.3 is 0 Å². The summed E-state index contributed by atoms with van der Waals surface area (Å²) in [7, 11) is 1.54. The molecule has 1 aromatic carbocycles. The first-order valence-electron chi connectivity index (χ1n) is 6.17. The highest BCUT2D eigenvalue weighted by Gasteiger charge is 2.17. The molecule has 0 saturated carbocycles. The number of methoxy groups -OCH3 is 1. The van der Waals surface area contributed by atoms with E-state index in [1.807, 2.05) is 6.92 Å². The first-order valence-corrected chi connectivity index (χ1v) is 6.55. The normalized spacial score (nSPS) is 12.0. The molecular weight excluding hydrogens is 278 g/mol. The molecule has 2 aromatic rings. The van der Waals surface area contributed by atoms with Crippen LogP contribution >= 0.6 is 11.6 Å². The molecule has 0 aliphatic heterocycles. The van der Waals surface area contributed by atoms with Gasteiger partial charge in [0.1, 0.15) is 11.8 Å². The number of aryl methyl sites for hydroxylation is 1. The number of nitrogens with zero attached hydrogens (tertiary/aromatic N) is 2. The van der Waals surface area contributed by atoms with E-state index >= 15 is 0 Å². The van der Waals surface area contributed by atoms with Crippen LogP contribution in [0.15, 0.2) is 30.6 Å². The van der Waals surface area contributed by atoms with Crippen molar-refractivity contribution in [2.45, 2.75) is 19.9 Å². The molecule has 6 heteroatoms. The number of anilines is 1. The van der Waals surface area contributed by atoms with Gasteiger partial charge in [-0.1, -0.05) is 11.6 Å². The number of rotatable bonds is 4. The van der Waals surface area contributed by atoms with Crippen molar-refractivity contribution in [3.63, 3.8) is 0 Å². The van der Waals surface area contributed by atoms with Crippen LogP contribution in [0.25, 0.3) is 0 Å². The third-order valence-electron chi connectivity index (χ3n) is 3.04. The number of ether oxygens (including phenoxy) is 1. The molecule has 0 radical (unpaired) electrons. The van der Waals surface area contributed by atoms with Crippen LogP contribution in [0.5, 0.6) is 5.75 Å². The van der Waals surface area contributed by atoms with Crippen molar-refractivity contribution >= 4 is 23.2 Å². The van der Waals surface area contributed by atoms with E-state index in [4.69, 9.17) is 16.3 Å². The number of nitrogens with one attached hydrogen (secondary N) is 1. The van der Waals surface area contributed by atoms with Crippen LogP contribution in [0.3, 0.4) is 0 Å². The molecule has 2 rings (SSSR count). The minimum atomic E-state index is -0.411. The third kappa shape index (κ3) is 2.93. The summed E-state index contributed by atoms with van der Waals surface area (Å²) in [5, 5.41) is 7.49. The Morgan fingerprint density at radius 1 is 1.50 bits per heavy atom. The highest BCUT2D eigenvalue weighted by Crippen LogP contribution is 2.31. The minimum Gasteiger partial charge on any atom is -0.495 e. The van der Waals surface area contributed by atoms with Crippen LogP contribution in [0, 0.1) is 6.92 Å². The van der Waals surface area contributed by atoms with E-state index in [1.54, 1.807) is 42.2 Å². The second kappa shape index (κ2) is 5.96. The van der Waals surface area contributed by atoms with E-state index in [1.165, 1.54) is 7.11 Å². The van der Waals surface area contributed by atoms with Crippen molar-refractivity contribution in [2.24, 2.45) is 0 Å². The lowest BCUT2D eigenvalue weighted by Gasteiger charge is -2.15. The number of hydrogen-bond donors (Lipinski definition) is 1. The Balaban J connectivity index is 2.21. The third-order valence-corrected chi connectivity index (χ3v) is 3.45. The monoisotopic (exact) mass is 293 g/mol. The van der Waals surface area contributed by atoms with Gasteiger partial charge in [0, 0.05) is 23.5 Å². The Kier molecular flexibility index (Phi) is 4.29. The maximum absolute atomic E-state index is 12.2. The van der Waals surface area contributed by atoms with Gasteiger partial charge < -0.3 is 10.1 Å². The molecule has 0 unspecified atom stereocenters. The number of carbonyl (C=O) groups excluding carboxylic acids is 1. The Morgan fingerprint density at radius 2 is 2.25 bits per heavy atom. The van der Waals surface area contributed by atoms with E-state index in [2.05, 4.69) is 10.4 Å². The number of benzene rings is 1. The predicted octanol–water partition coefficient (Wildman–Crippen LogP) is 3.05. The average molecular weight is 294 g/mol. The fraction of sp³-hybridized carbons (Fsp3) is 0.286. The molecule has 0 saturated heterocycles. The van der Waals surface area contributed by atoms with E-state index in [0.29, 0.717) is 16.5 Å². The first-order chi connectivity index (χ1) is 9.52. The van der Waals surface area contributed by atoms with E-state index in [-0.39, 0.29) is 5.91 Å². The maximum atomic E-state index is 12.2. The van der Waals surface area contributed by atoms with Crippen molar-refractivity contribution in [3.05, 3.63) is 41.2 Å². The van der Waals surface area contributed by atoms with Gasteiger partial charge in [0.25, 0.3) is 0 Å². The number of hydrogen-bond acceptors (Lipinski definition) is 3. The standard InChI is InChI=1S/C14H16ClN3O2/c1-9-7-12(13(20-3)8-11(9)15)17-14(19)10(2)18-6-4-5-16-18/h4-8,10H,1-3H3,(H,17,19)/t10-/m0/s1. The van der Waals surface area contributed by atoms with Gasteiger partial charge in [-0.3, -0.25) is 9.48 Å². The molecule has 1 atom stereocenters. The first kappa shape index (κ1) is 14.4. The minimum absolute atomic E-state index is 0.172. The number of amides is 1. The summed E-state index contributed by atoms with van der Waals surface area (Å²) in [4.78, 5) is 12.2. The lowest BCUT2D eigenvalue weighted by Crippen LogP contribution is -2.24. The molecule has 0 fully saturated rings. The Morgan fingerprint density at radius 3 is 2.85 bits per heavy atom. The smallest absolute Gasteiger partial charge is 0.249 e. The summed E-state index contributed by atoms with van der Waals surface area (Å²) >= 11 is 6.04. The molecule has 1 N–H and O–H groups in total. The number of aromatic nitrogens is 2. The van der Waals surface area contributed by atoms with Gasteiger partial charge in [-0.15, -0.1) is 0 Å². The summed E-state index contributed by atoms with van der Waals surface area (Å²) in [6.07, 6.45) is 3.38. The zero-order valence-corrected chi connectivity index (χ0v) is 12.3. The largest absolute Gasteiger partial charge is 0.495 e. The summed E-state index contributed by atoms with van der Waals surface area (Å²) in [6.45, 7) is 3.64. The lowest BCUT2D eigenvalue weighted by molar-refractivity contribution is -0.119. The molecule has 1 heterocycles. The highest BCUT2D eigenvalue weighted by molar-refractivity contribution is 6.31.